The van der Waals surface area contributed by atoms with Crippen molar-refractivity contribution in [2.75, 3.05) is 34.1 Å². The van der Waals surface area contributed by atoms with Crippen molar-refractivity contribution in [3.05, 3.63) is 36.0 Å². The zero-order valence-corrected chi connectivity index (χ0v) is 16.4. The Hall–Kier alpha value is -2.68. The van der Waals surface area contributed by atoms with Crippen LogP contribution >= 0.6 is 0 Å². The van der Waals surface area contributed by atoms with Gasteiger partial charge in [-0.15, -0.1) is 0 Å². The second kappa shape index (κ2) is 7.51. The Bertz CT molecular complexity index is 944. The van der Waals surface area contributed by atoms with E-state index < -0.39 is 9.84 Å². The summed E-state index contributed by atoms with van der Waals surface area (Å²) in [5, 5.41) is 5.86. The molecule has 1 amide bonds. The number of rotatable bonds is 5. The van der Waals surface area contributed by atoms with Gasteiger partial charge in [0, 0.05) is 43.1 Å². The number of aryl methyl sites for hydroxylation is 1. The fourth-order valence-electron chi connectivity index (χ4n) is 3.03. The van der Waals surface area contributed by atoms with Crippen LogP contribution in [0.3, 0.4) is 0 Å². The maximum atomic E-state index is 11.7. The number of nitrogens with zero attached hydrogens (tertiary/aromatic N) is 3. The molecule has 1 saturated heterocycles. The van der Waals surface area contributed by atoms with Crippen molar-refractivity contribution >= 4 is 38.9 Å². The van der Waals surface area contributed by atoms with Crippen LogP contribution in [0.2, 0.25) is 0 Å². The summed E-state index contributed by atoms with van der Waals surface area (Å²) in [5.41, 5.74) is 2.28. The Balaban J connectivity index is 1.76. The normalized spacial score (nSPS) is 18.1. The van der Waals surface area contributed by atoms with E-state index in [4.69, 9.17) is 0 Å². The Morgan fingerprint density at radius 1 is 1.19 bits per heavy atom. The van der Waals surface area contributed by atoms with Gasteiger partial charge in [-0.1, -0.05) is 0 Å². The van der Waals surface area contributed by atoms with Gasteiger partial charge in [0.25, 0.3) is 0 Å². The van der Waals surface area contributed by atoms with Crippen molar-refractivity contribution in [3.63, 3.8) is 0 Å². The Morgan fingerprint density at radius 3 is 2.44 bits per heavy atom. The van der Waals surface area contributed by atoms with Gasteiger partial charge in [0.15, 0.2) is 9.84 Å². The summed E-state index contributed by atoms with van der Waals surface area (Å²) in [6, 6.07) is 8.99. The smallest absolute Gasteiger partial charge is 0.229 e. The summed E-state index contributed by atoms with van der Waals surface area (Å²) in [7, 11) is -1.10. The highest BCUT2D eigenvalue weighted by molar-refractivity contribution is 7.91. The first-order valence-corrected chi connectivity index (χ1v) is 10.5. The molecule has 0 radical (unpaired) electrons. The minimum absolute atomic E-state index is 0.0749. The van der Waals surface area contributed by atoms with Gasteiger partial charge in [-0.25, -0.2) is 13.4 Å². The largest absolute Gasteiger partial charge is 0.355 e. The standard InChI is InChI=1S/C18H23N5O3S/c1-12-10-17(23(3)16-8-9-27(25,26)11-16)22-18(19-12)21-15-6-4-14(5-7-15)20-13(2)24/h4-7,10,16H,8-9,11H2,1-3H3,(H,20,24)(H,19,21,22). The number of amides is 1. The van der Waals surface area contributed by atoms with Crippen molar-refractivity contribution in [2.45, 2.75) is 26.3 Å². The number of nitrogens with one attached hydrogen (secondary N) is 2. The van der Waals surface area contributed by atoms with Crippen LogP contribution in [0.4, 0.5) is 23.1 Å². The first kappa shape index (κ1) is 19.1. The second-order valence-electron chi connectivity index (χ2n) is 6.74. The molecule has 27 heavy (non-hydrogen) atoms. The van der Waals surface area contributed by atoms with Gasteiger partial charge in [-0.05, 0) is 37.6 Å². The Morgan fingerprint density at radius 2 is 1.85 bits per heavy atom. The maximum Gasteiger partial charge on any atom is 0.229 e. The lowest BCUT2D eigenvalue weighted by Crippen LogP contribution is -2.33. The van der Waals surface area contributed by atoms with Crippen LogP contribution in [-0.4, -0.2) is 48.9 Å². The molecule has 1 unspecified atom stereocenters. The number of aromatic nitrogens is 2. The third-order valence-corrected chi connectivity index (χ3v) is 6.17. The molecule has 1 aliphatic heterocycles. The lowest BCUT2D eigenvalue weighted by atomic mass is 10.2. The summed E-state index contributed by atoms with van der Waals surface area (Å²) in [4.78, 5) is 21.9. The zero-order valence-electron chi connectivity index (χ0n) is 15.6. The van der Waals surface area contributed by atoms with E-state index in [0.29, 0.717) is 23.9 Å². The fraction of sp³-hybridized carbons (Fsp3) is 0.389. The second-order valence-corrected chi connectivity index (χ2v) is 8.97. The Labute approximate surface area is 158 Å². The van der Waals surface area contributed by atoms with E-state index in [2.05, 4.69) is 20.6 Å². The van der Waals surface area contributed by atoms with E-state index in [1.54, 1.807) is 12.1 Å². The zero-order chi connectivity index (χ0) is 19.6. The van der Waals surface area contributed by atoms with Gasteiger partial charge in [0.1, 0.15) is 5.82 Å². The number of carbonyl (C=O) groups is 1. The number of hydrogen-bond acceptors (Lipinski definition) is 7. The summed E-state index contributed by atoms with van der Waals surface area (Å²) in [6.07, 6.45) is 0.606. The summed E-state index contributed by atoms with van der Waals surface area (Å²) < 4.78 is 23.5. The molecule has 0 bridgehead atoms. The van der Waals surface area contributed by atoms with Crippen LogP contribution < -0.4 is 15.5 Å². The molecule has 1 atom stereocenters. The molecule has 2 N–H and O–H groups in total. The predicted octanol–water partition coefficient (Wildman–Crippen LogP) is 2.11. The minimum Gasteiger partial charge on any atom is -0.355 e. The number of anilines is 4. The van der Waals surface area contributed by atoms with E-state index in [9.17, 15) is 13.2 Å². The average Bonchev–Trinajstić information content (AvgIpc) is 2.95. The third kappa shape index (κ3) is 4.94. The van der Waals surface area contributed by atoms with E-state index in [-0.39, 0.29) is 23.5 Å². The molecular weight excluding hydrogens is 366 g/mol. The van der Waals surface area contributed by atoms with Crippen LogP contribution in [0.25, 0.3) is 0 Å². The fourth-order valence-corrected chi connectivity index (χ4v) is 4.80. The molecule has 2 aromatic rings. The van der Waals surface area contributed by atoms with Crippen LogP contribution in [0.1, 0.15) is 19.0 Å². The molecule has 0 aliphatic carbocycles. The maximum absolute atomic E-state index is 11.7. The molecule has 9 heteroatoms. The number of benzene rings is 1. The Kier molecular flexibility index (Phi) is 5.31. The topological polar surface area (TPSA) is 104 Å². The van der Waals surface area contributed by atoms with Crippen LogP contribution in [0.15, 0.2) is 30.3 Å². The summed E-state index contributed by atoms with van der Waals surface area (Å²) >= 11 is 0. The van der Waals surface area contributed by atoms with Gasteiger partial charge in [0.2, 0.25) is 11.9 Å². The molecule has 2 heterocycles. The molecule has 1 aliphatic rings. The van der Waals surface area contributed by atoms with Gasteiger partial charge in [-0.2, -0.15) is 4.98 Å². The van der Waals surface area contributed by atoms with Gasteiger partial charge >= 0.3 is 0 Å². The molecule has 1 fully saturated rings. The van der Waals surface area contributed by atoms with E-state index in [1.165, 1.54) is 6.92 Å². The quantitative estimate of drug-likeness (QED) is 0.807. The van der Waals surface area contributed by atoms with Crippen LogP contribution in [-0.2, 0) is 14.6 Å². The number of sulfone groups is 1. The van der Waals surface area contributed by atoms with E-state index >= 15 is 0 Å². The molecule has 8 nitrogen and oxygen atoms in total. The van der Waals surface area contributed by atoms with Crippen LogP contribution in [0.5, 0.6) is 0 Å². The molecule has 1 aromatic carbocycles. The van der Waals surface area contributed by atoms with Gasteiger partial charge in [-0.3, -0.25) is 4.79 Å². The van der Waals surface area contributed by atoms with Crippen LogP contribution in [0, 0.1) is 6.92 Å². The molecule has 3 rings (SSSR count). The molecular formula is C18H23N5O3S. The molecule has 1 aromatic heterocycles. The first-order chi connectivity index (χ1) is 12.7. The SMILES string of the molecule is CC(=O)Nc1ccc(Nc2nc(C)cc(N(C)C3CCS(=O)(=O)C3)n2)cc1. The van der Waals surface area contributed by atoms with Gasteiger partial charge in [0.05, 0.1) is 11.5 Å². The number of hydrogen-bond donors (Lipinski definition) is 2. The third-order valence-electron chi connectivity index (χ3n) is 4.42. The number of carbonyl (C=O) groups excluding carboxylic acids is 1. The lowest BCUT2D eigenvalue weighted by molar-refractivity contribution is -0.114. The van der Waals surface area contributed by atoms with Crippen molar-refractivity contribution in [3.8, 4) is 0 Å². The molecule has 0 spiro atoms. The molecule has 144 valence electrons. The van der Waals surface area contributed by atoms with E-state index in [1.807, 2.05) is 37.1 Å². The monoisotopic (exact) mass is 389 g/mol. The first-order valence-electron chi connectivity index (χ1n) is 8.65. The highest BCUT2D eigenvalue weighted by Gasteiger charge is 2.31. The van der Waals surface area contributed by atoms with Crippen molar-refractivity contribution in [1.82, 2.24) is 9.97 Å². The van der Waals surface area contributed by atoms with E-state index in [0.717, 1.165) is 11.4 Å². The van der Waals surface area contributed by atoms with Crippen molar-refractivity contribution in [1.29, 1.82) is 0 Å². The van der Waals surface area contributed by atoms with Gasteiger partial charge < -0.3 is 15.5 Å². The highest BCUT2D eigenvalue weighted by atomic mass is 32.2. The molecule has 0 saturated carbocycles. The predicted molar refractivity (Wildman–Crippen MR) is 106 cm³/mol. The minimum atomic E-state index is -2.96. The average molecular weight is 389 g/mol. The highest BCUT2D eigenvalue weighted by Crippen LogP contribution is 2.24. The lowest BCUT2D eigenvalue weighted by Gasteiger charge is -2.25. The van der Waals surface area contributed by atoms with Crippen molar-refractivity contribution in [2.24, 2.45) is 0 Å². The summed E-state index contributed by atoms with van der Waals surface area (Å²) in [6.45, 7) is 3.33. The summed E-state index contributed by atoms with van der Waals surface area (Å²) in [5.74, 6) is 1.36. The van der Waals surface area contributed by atoms with Crippen molar-refractivity contribution < 1.29 is 13.2 Å².